The van der Waals surface area contributed by atoms with Gasteiger partial charge in [-0.05, 0) is 25.2 Å². The Morgan fingerprint density at radius 3 is 3.00 bits per heavy atom. The molecule has 2 rings (SSSR count). The highest BCUT2D eigenvalue weighted by Gasteiger charge is 2.06. The van der Waals surface area contributed by atoms with Gasteiger partial charge in [-0.3, -0.25) is 0 Å². The van der Waals surface area contributed by atoms with Gasteiger partial charge in [0.2, 0.25) is 0 Å². The summed E-state index contributed by atoms with van der Waals surface area (Å²) >= 11 is 3.46. The molecule has 96 valence electrons. The van der Waals surface area contributed by atoms with Gasteiger partial charge >= 0.3 is 0 Å². The van der Waals surface area contributed by atoms with Crippen molar-refractivity contribution in [3.8, 4) is 5.75 Å². The lowest BCUT2D eigenvalue weighted by Gasteiger charge is -2.08. The van der Waals surface area contributed by atoms with E-state index in [2.05, 4.69) is 31.6 Å². The Morgan fingerprint density at radius 2 is 2.28 bits per heavy atom. The normalized spacial score (nSPS) is 10.6. The number of hydrogen-bond donors (Lipinski definition) is 1. The van der Waals surface area contributed by atoms with Gasteiger partial charge in [-0.2, -0.15) is 0 Å². The maximum atomic E-state index is 5.33. The zero-order valence-corrected chi connectivity index (χ0v) is 11.9. The summed E-state index contributed by atoms with van der Waals surface area (Å²) in [5.41, 5.74) is 1.99. The minimum absolute atomic E-state index is 0.638. The van der Waals surface area contributed by atoms with Gasteiger partial charge in [0, 0.05) is 16.6 Å². The predicted molar refractivity (Wildman–Crippen MR) is 72.6 cm³/mol. The summed E-state index contributed by atoms with van der Waals surface area (Å²) in [7, 11) is 3.55. The van der Waals surface area contributed by atoms with Crippen LogP contribution in [0.4, 0.5) is 0 Å². The second-order valence-electron chi connectivity index (χ2n) is 3.89. The average Bonchev–Trinajstić information content (AvgIpc) is 2.77. The summed E-state index contributed by atoms with van der Waals surface area (Å²) < 4.78 is 8.16. The van der Waals surface area contributed by atoms with Crippen LogP contribution in [0.5, 0.6) is 5.75 Å². The van der Waals surface area contributed by atoms with Crippen molar-refractivity contribution in [3.63, 3.8) is 0 Å². The third-order valence-corrected chi connectivity index (χ3v) is 3.01. The summed E-state index contributed by atoms with van der Waals surface area (Å²) in [4.78, 5) is 0. The van der Waals surface area contributed by atoms with Crippen molar-refractivity contribution in [2.24, 2.45) is 0 Å². The molecule has 2 aromatic rings. The molecule has 0 aliphatic rings. The van der Waals surface area contributed by atoms with Crippen molar-refractivity contribution in [2.75, 3.05) is 14.2 Å². The predicted octanol–water partition coefficient (Wildman–Crippen LogP) is 1.82. The Hall–Kier alpha value is -1.40. The van der Waals surface area contributed by atoms with Crippen molar-refractivity contribution < 1.29 is 4.74 Å². The maximum absolute atomic E-state index is 5.33. The Labute approximate surface area is 114 Å². The monoisotopic (exact) mass is 310 g/mol. The van der Waals surface area contributed by atoms with Crippen LogP contribution in [0.15, 0.2) is 28.9 Å². The van der Waals surface area contributed by atoms with Gasteiger partial charge in [0.05, 0.1) is 25.5 Å². The standard InChI is InChI=1S/C12H15BrN4O/c1-14-6-11-8-17(16-15-11)7-9-5-10(13)3-4-12(9)18-2/h3-5,8,14H,6-7H2,1-2H3. The van der Waals surface area contributed by atoms with Crippen LogP contribution in [0, 0.1) is 0 Å². The molecule has 0 radical (unpaired) electrons. The van der Waals surface area contributed by atoms with Crippen molar-refractivity contribution in [2.45, 2.75) is 13.1 Å². The first-order valence-electron chi connectivity index (χ1n) is 5.59. The molecule has 0 spiro atoms. The van der Waals surface area contributed by atoms with E-state index in [-0.39, 0.29) is 0 Å². The fourth-order valence-corrected chi connectivity index (χ4v) is 2.13. The second-order valence-corrected chi connectivity index (χ2v) is 4.81. The molecule has 0 aliphatic carbocycles. The largest absolute Gasteiger partial charge is 0.496 e. The van der Waals surface area contributed by atoms with E-state index in [9.17, 15) is 0 Å². The van der Waals surface area contributed by atoms with E-state index >= 15 is 0 Å². The molecule has 0 fully saturated rings. The Morgan fingerprint density at radius 1 is 1.44 bits per heavy atom. The van der Waals surface area contributed by atoms with Crippen LogP contribution in [-0.4, -0.2) is 29.2 Å². The number of nitrogens with one attached hydrogen (secondary N) is 1. The molecule has 0 aliphatic heterocycles. The van der Waals surface area contributed by atoms with Crippen LogP contribution < -0.4 is 10.1 Å². The zero-order valence-electron chi connectivity index (χ0n) is 10.4. The summed E-state index contributed by atoms with van der Waals surface area (Å²) in [6, 6.07) is 5.92. The fourth-order valence-electron chi connectivity index (χ4n) is 1.72. The average molecular weight is 311 g/mol. The van der Waals surface area contributed by atoms with Gasteiger partial charge in [-0.25, -0.2) is 4.68 Å². The molecule has 1 aromatic carbocycles. The van der Waals surface area contributed by atoms with Crippen LogP contribution in [0.3, 0.4) is 0 Å². The SMILES string of the molecule is CNCc1cn(Cc2cc(Br)ccc2OC)nn1. The summed E-state index contributed by atoms with van der Waals surface area (Å²) in [5, 5.41) is 11.2. The smallest absolute Gasteiger partial charge is 0.124 e. The highest BCUT2D eigenvalue weighted by Crippen LogP contribution is 2.23. The van der Waals surface area contributed by atoms with Gasteiger partial charge in [0.1, 0.15) is 5.75 Å². The van der Waals surface area contributed by atoms with Crippen LogP contribution >= 0.6 is 15.9 Å². The first-order chi connectivity index (χ1) is 8.72. The molecular weight excluding hydrogens is 296 g/mol. The molecule has 1 heterocycles. The molecule has 0 unspecified atom stereocenters. The van der Waals surface area contributed by atoms with E-state index < -0.39 is 0 Å². The molecule has 18 heavy (non-hydrogen) atoms. The van der Waals surface area contributed by atoms with Gasteiger partial charge in [-0.1, -0.05) is 21.1 Å². The first-order valence-corrected chi connectivity index (χ1v) is 6.38. The number of nitrogens with zero attached hydrogens (tertiary/aromatic N) is 3. The number of ether oxygens (including phenoxy) is 1. The minimum Gasteiger partial charge on any atom is -0.496 e. The summed E-state index contributed by atoms with van der Waals surface area (Å²) in [6.45, 7) is 1.36. The topological polar surface area (TPSA) is 52.0 Å². The van der Waals surface area contributed by atoms with Crippen molar-refractivity contribution in [3.05, 3.63) is 40.1 Å². The highest BCUT2D eigenvalue weighted by molar-refractivity contribution is 9.10. The lowest BCUT2D eigenvalue weighted by Crippen LogP contribution is -2.05. The first kappa shape index (κ1) is 13.0. The third kappa shape index (κ3) is 3.08. The lowest BCUT2D eigenvalue weighted by atomic mass is 10.2. The molecule has 0 saturated carbocycles. The molecular formula is C12H15BrN4O. The molecule has 0 saturated heterocycles. The number of benzene rings is 1. The fraction of sp³-hybridized carbons (Fsp3) is 0.333. The number of methoxy groups -OCH3 is 1. The molecule has 0 bridgehead atoms. The van der Waals surface area contributed by atoms with Crippen LogP contribution in [0.25, 0.3) is 0 Å². The van der Waals surface area contributed by atoms with E-state index in [1.165, 1.54) is 0 Å². The molecule has 1 N–H and O–H groups in total. The molecule has 1 aromatic heterocycles. The molecule has 0 atom stereocenters. The van der Waals surface area contributed by atoms with Crippen molar-refractivity contribution >= 4 is 15.9 Å². The number of hydrogen-bond acceptors (Lipinski definition) is 4. The molecule has 5 nitrogen and oxygen atoms in total. The Bertz CT molecular complexity index is 527. The van der Waals surface area contributed by atoms with E-state index in [0.29, 0.717) is 6.54 Å². The van der Waals surface area contributed by atoms with E-state index in [1.807, 2.05) is 31.4 Å². The van der Waals surface area contributed by atoms with Crippen LogP contribution in [-0.2, 0) is 13.1 Å². The van der Waals surface area contributed by atoms with Gasteiger partial charge < -0.3 is 10.1 Å². The summed E-state index contributed by atoms with van der Waals surface area (Å²) in [6.07, 6.45) is 1.93. The van der Waals surface area contributed by atoms with Gasteiger partial charge in [-0.15, -0.1) is 5.10 Å². The Kier molecular flexibility index (Phi) is 4.33. The third-order valence-electron chi connectivity index (χ3n) is 2.52. The van der Waals surface area contributed by atoms with E-state index in [0.717, 1.165) is 28.0 Å². The Balaban J connectivity index is 2.19. The van der Waals surface area contributed by atoms with E-state index in [1.54, 1.807) is 11.8 Å². The van der Waals surface area contributed by atoms with Crippen molar-refractivity contribution in [1.29, 1.82) is 0 Å². The van der Waals surface area contributed by atoms with E-state index in [4.69, 9.17) is 4.74 Å². The maximum Gasteiger partial charge on any atom is 0.124 e. The van der Waals surface area contributed by atoms with Crippen LogP contribution in [0.1, 0.15) is 11.3 Å². The zero-order chi connectivity index (χ0) is 13.0. The minimum atomic E-state index is 0.638. The molecule has 0 amide bonds. The summed E-state index contributed by atoms with van der Waals surface area (Å²) in [5.74, 6) is 0.851. The van der Waals surface area contributed by atoms with Gasteiger partial charge in [0.15, 0.2) is 0 Å². The number of halogens is 1. The quantitative estimate of drug-likeness (QED) is 0.915. The highest BCUT2D eigenvalue weighted by atomic mass is 79.9. The number of rotatable bonds is 5. The molecule has 6 heteroatoms. The second kappa shape index (κ2) is 5.97. The van der Waals surface area contributed by atoms with Gasteiger partial charge in [0.25, 0.3) is 0 Å². The lowest BCUT2D eigenvalue weighted by molar-refractivity contribution is 0.407. The van der Waals surface area contributed by atoms with Crippen molar-refractivity contribution in [1.82, 2.24) is 20.3 Å². The van der Waals surface area contributed by atoms with Crippen LogP contribution in [0.2, 0.25) is 0 Å². The number of aromatic nitrogens is 3.